The Morgan fingerprint density at radius 1 is 1.33 bits per heavy atom. The molecule has 21 heavy (non-hydrogen) atoms. The lowest BCUT2D eigenvalue weighted by atomic mass is 9.71. The first-order valence-electron chi connectivity index (χ1n) is 8.34. The largest absolute Gasteiger partial charge is 0.487 e. The summed E-state index contributed by atoms with van der Waals surface area (Å²) < 4.78 is 6.59. The molecule has 5 atom stereocenters. The van der Waals surface area contributed by atoms with E-state index >= 15 is 0 Å². The second-order valence-corrected chi connectivity index (χ2v) is 7.01. The van der Waals surface area contributed by atoms with E-state index in [4.69, 9.17) is 4.74 Å². The van der Waals surface area contributed by atoms with Crippen molar-refractivity contribution in [1.82, 2.24) is 0 Å². The fourth-order valence-corrected chi connectivity index (χ4v) is 5.21. The average molecular weight is 280 g/mol. The predicted octanol–water partition coefficient (Wildman–Crippen LogP) is 5.09. The zero-order chi connectivity index (χ0) is 14.4. The maximum Gasteiger partial charge on any atom is 0.120 e. The van der Waals surface area contributed by atoms with E-state index in [0.717, 1.165) is 41.4 Å². The van der Waals surface area contributed by atoms with Crippen LogP contribution in [0.4, 0.5) is 0 Å². The van der Waals surface area contributed by atoms with Crippen LogP contribution in [0.15, 0.2) is 43.0 Å². The molecule has 1 nitrogen and oxygen atoms in total. The first kappa shape index (κ1) is 13.2. The molecular formula is C20H24O. The Kier molecular flexibility index (Phi) is 2.99. The molecule has 0 heterocycles. The van der Waals surface area contributed by atoms with Crippen molar-refractivity contribution in [2.45, 2.75) is 38.2 Å². The zero-order valence-corrected chi connectivity index (χ0v) is 12.8. The van der Waals surface area contributed by atoms with Crippen LogP contribution < -0.4 is 4.74 Å². The van der Waals surface area contributed by atoms with E-state index < -0.39 is 0 Å². The van der Waals surface area contributed by atoms with Crippen LogP contribution in [-0.4, -0.2) is 5.60 Å². The first-order valence-corrected chi connectivity index (χ1v) is 8.34. The van der Waals surface area contributed by atoms with Gasteiger partial charge < -0.3 is 4.74 Å². The highest BCUT2D eigenvalue weighted by Crippen LogP contribution is 2.62. The summed E-state index contributed by atoms with van der Waals surface area (Å²) in [5.41, 5.74) is 1.23. The smallest absolute Gasteiger partial charge is 0.120 e. The van der Waals surface area contributed by atoms with Crippen LogP contribution in [0.3, 0.4) is 0 Å². The minimum Gasteiger partial charge on any atom is -0.487 e. The summed E-state index contributed by atoms with van der Waals surface area (Å²) in [5, 5.41) is 0. The Hall–Kier alpha value is -1.50. The summed E-state index contributed by atoms with van der Waals surface area (Å²) in [5.74, 6) is 4.31. The molecule has 4 rings (SSSR count). The van der Waals surface area contributed by atoms with E-state index in [0.29, 0.717) is 0 Å². The van der Waals surface area contributed by atoms with Crippen LogP contribution in [0.1, 0.15) is 38.2 Å². The second-order valence-electron chi connectivity index (χ2n) is 7.01. The zero-order valence-electron chi connectivity index (χ0n) is 12.8. The highest BCUT2D eigenvalue weighted by Gasteiger charge is 2.60. The Labute approximate surface area is 127 Å². The molecule has 0 radical (unpaired) electrons. The van der Waals surface area contributed by atoms with Gasteiger partial charge in [-0.2, -0.15) is 0 Å². The van der Waals surface area contributed by atoms with Crippen LogP contribution in [-0.2, 0) is 0 Å². The normalized spacial score (nSPS) is 39.5. The van der Waals surface area contributed by atoms with Gasteiger partial charge in [-0.1, -0.05) is 43.9 Å². The van der Waals surface area contributed by atoms with E-state index in [1.54, 1.807) is 0 Å². The molecular weight excluding hydrogens is 256 g/mol. The predicted molar refractivity (Wildman–Crippen MR) is 87.1 cm³/mol. The van der Waals surface area contributed by atoms with Crippen molar-refractivity contribution in [3.05, 3.63) is 48.6 Å². The number of ether oxygens (including phenoxy) is 1. The fraction of sp³-hybridized carbons (Fsp3) is 0.500. The molecule has 3 aliphatic rings. The lowest BCUT2D eigenvalue weighted by molar-refractivity contribution is -0.0223. The van der Waals surface area contributed by atoms with Crippen molar-refractivity contribution in [2.75, 3.05) is 0 Å². The van der Waals surface area contributed by atoms with E-state index in [1.807, 2.05) is 6.08 Å². The monoisotopic (exact) mass is 280 g/mol. The average Bonchev–Trinajstić information content (AvgIpc) is 3.19. The van der Waals surface area contributed by atoms with Gasteiger partial charge >= 0.3 is 0 Å². The Morgan fingerprint density at radius 3 is 2.86 bits per heavy atom. The van der Waals surface area contributed by atoms with Crippen molar-refractivity contribution in [1.29, 1.82) is 0 Å². The molecule has 5 unspecified atom stereocenters. The first-order chi connectivity index (χ1) is 10.3. The summed E-state index contributed by atoms with van der Waals surface area (Å²) >= 11 is 0. The molecule has 0 aromatic heterocycles. The molecule has 1 aromatic rings. The standard InChI is InChI=1S/C20H24O/c1-3-14-8-10-16(11-9-14)21-20(4-2)13-15-12-19(20)18-7-5-6-17(15)18/h3,5-6,8-11,15,17-19H,1,4,7,12-13H2,2H3. The van der Waals surface area contributed by atoms with Crippen molar-refractivity contribution in [3.63, 3.8) is 0 Å². The third-order valence-corrected chi connectivity index (χ3v) is 6.20. The minimum atomic E-state index is 0.0769. The molecule has 3 aliphatic carbocycles. The molecule has 0 aliphatic heterocycles. The SMILES string of the molecule is C=Cc1ccc(OC2(CC)CC3CC2C2CC=CC32)cc1. The van der Waals surface area contributed by atoms with Crippen molar-refractivity contribution in [3.8, 4) is 5.75 Å². The van der Waals surface area contributed by atoms with Crippen LogP contribution in [0.5, 0.6) is 5.75 Å². The van der Waals surface area contributed by atoms with Crippen LogP contribution in [0.25, 0.3) is 6.08 Å². The van der Waals surface area contributed by atoms with Crippen molar-refractivity contribution in [2.24, 2.45) is 23.7 Å². The highest BCUT2D eigenvalue weighted by molar-refractivity contribution is 5.48. The molecule has 0 amide bonds. The fourth-order valence-electron chi connectivity index (χ4n) is 5.21. The van der Waals surface area contributed by atoms with Gasteiger partial charge in [-0.05, 0) is 61.1 Å². The van der Waals surface area contributed by atoms with Gasteiger partial charge in [-0.25, -0.2) is 0 Å². The third-order valence-electron chi connectivity index (χ3n) is 6.20. The van der Waals surface area contributed by atoms with Gasteiger partial charge in [0.05, 0.1) is 0 Å². The van der Waals surface area contributed by atoms with Gasteiger partial charge in [-0.15, -0.1) is 0 Å². The lowest BCUT2D eigenvalue weighted by Gasteiger charge is -2.42. The molecule has 2 bridgehead atoms. The molecule has 1 heteroatoms. The topological polar surface area (TPSA) is 9.23 Å². The number of benzene rings is 1. The Morgan fingerprint density at radius 2 is 2.14 bits per heavy atom. The van der Waals surface area contributed by atoms with Gasteiger partial charge in [0.15, 0.2) is 0 Å². The summed E-state index contributed by atoms with van der Waals surface area (Å²) in [6.45, 7) is 6.12. The summed E-state index contributed by atoms with van der Waals surface area (Å²) in [6, 6.07) is 8.40. The summed E-state index contributed by atoms with van der Waals surface area (Å²) in [6.07, 6.45) is 11.8. The summed E-state index contributed by atoms with van der Waals surface area (Å²) in [4.78, 5) is 0. The van der Waals surface area contributed by atoms with Gasteiger partial charge in [0, 0.05) is 5.92 Å². The second kappa shape index (κ2) is 4.76. The number of hydrogen-bond donors (Lipinski definition) is 0. The van der Waals surface area contributed by atoms with Gasteiger partial charge in [0.1, 0.15) is 11.4 Å². The number of allylic oxidation sites excluding steroid dienone is 2. The van der Waals surface area contributed by atoms with E-state index in [2.05, 4.69) is 49.9 Å². The molecule has 1 aromatic carbocycles. The molecule has 110 valence electrons. The van der Waals surface area contributed by atoms with Crippen molar-refractivity contribution < 1.29 is 4.74 Å². The molecule has 2 saturated carbocycles. The lowest BCUT2D eigenvalue weighted by Crippen LogP contribution is -2.46. The Balaban J connectivity index is 1.59. The molecule has 0 spiro atoms. The van der Waals surface area contributed by atoms with Gasteiger partial charge in [0.2, 0.25) is 0 Å². The van der Waals surface area contributed by atoms with Gasteiger partial charge in [0.25, 0.3) is 0 Å². The van der Waals surface area contributed by atoms with E-state index in [1.165, 1.54) is 19.3 Å². The molecule has 0 N–H and O–H groups in total. The Bertz CT molecular complexity index is 570. The minimum absolute atomic E-state index is 0.0769. The van der Waals surface area contributed by atoms with Crippen LogP contribution in [0, 0.1) is 23.7 Å². The number of fused-ring (bicyclic) bond motifs is 5. The van der Waals surface area contributed by atoms with Gasteiger partial charge in [-0.3, -0.25) is 0 Å². The maximum atomic E-state index is 6.59. The van der Waals surface area contributed by atoms with Crippen LogP contribution >= 0.6 is 0 Å². The summed E-state index contributed by atoms with van der Waals surface area (Å²) in [7, 11) is 0. The number of rotatable bonds is 4. The number of hydrogen-bond acceptors (Lipinski definition) is 1. The molecule has 0 saturated heterocycles. The van der Waals surface area contributed by atoms with Crippen molar-refractivity contribution >= 4 is 6.08 Å². The molecule has 2 fully saturated rings. The quantitative estimate of drug-likeness (QED) is 0.698. The third kappa shape index (κ3) is 1.90. The van der Waals surface area contributed by atoms with E-state index in [-0.39, 0.29) is 5.60 Å². The van der Waals surface area contributed by atoms with E-state index in [9.17, 15) is 0 Å². The highest BCUT2D eigenvalue weighted by atomic mass is 16.5. The maximum absolute atomic E-state index is 6.59. The van der Waals surface area contributed by atoms with Crippen LogP contribution in [0.2, 0.25) is 0 Å².